The molecule has 3 aromatic rings. The zero-order valence-electron chi connectivity index (χ0n) is 17.3. The molecule has 0 unspecified atom stereocenters. The molecule has 4 rings (SSSR count). The number of hydrogen-bond acceptors (Lipinski definition) is 4. The molecule has 0 saturated heterocycles. The number of benzene rings is 2. The van der Waals surface area contributed by atoms with E-state index >= 15 is 0 Å². The highest BCUT2D eigenvalue weighted by Crippen LogP contribution is 2.24. The Labute approximate surface area is 175 Å². The Kier molecular flexibility index (Phi) is 5.65. The van der Waals surface area contributed by atoms with Crippen molar-refractivity contribution in [3.8, 4) is 0 Å². The number of hydrogen-bond donors (Lipinski definition) is 1. The number of rotatable bonds is 5. The highest BCUT2D eigenvalue weighted by molar-refractivity contribution is 5.95. The number of carbonyl (C=O) groups is 2. The minimum atomic E-state index is -0.0769. The van der Waals surface area contributed by atoms with E-state index in [0.717, 1.165) is 23.2 Å². The number of aryl methyl sites for hydroxylation is 3. The van der Waals surface area contributed by atoms with Crippen molar-refractivity contribution in [2.75, 3.05) is 11.9 Å². The van der Waals surface area contributed by atoms with Gasteiger partial charge in [-0.05, 0) is 55.5 Å². The molecule has 0 aliphatic carbocycles. The van der Waals surface area contributed by atoms with Crippen LogP contribution in [-0.2, 0) is 24.2 Å². The van der Waals surface area contributed by atoms with Crippen LogP contribution in [0.25, 0.3) is 0 Å². The van der Waals surface area contributed by atoms with Crippen LogP contribution in [0.15, 0.2) is 53.2 Å². The largest absolute Gasteiger partial charge is 0.361 e. The molecule has 2 amide bonds. The third kappa shape index (κ3) is 4.43. The van der Waals surface area contributed by atoms with Crippen LogP contribution in [0.1, 0.15) is 44.8 Å². The van der Waals surface area contributed by atoms with Crippen LogP contribution in [0.3, 0.4) is 0 Å². The fourth-order valence-corrected chi connectivity index (χ4v) is 3.72. The third-order valence-electron chi connectivity index (χ3n) is 5.53. The van der Waals surface area contributed by atoms with Crippen molar-refractivity contribution >= 4 is 17.5 Å². The molecule has 1 N–H and O–H groups in total. The van der Waals surface area contributed by atoms with Crippen molar-refractivity contribution in [3.05, 3.63) is 82.2 Å². The van der Waals surface area contributed by atoms with Crippen LogP contribution < -0.4 is 5.32 Å². The number of carbonyl (C=O) groups excluding carboxylic acids is 2. The van der Waals surface area contributed by atoms with Gasteiger partial charge in [-0.15, -0.1) is 0 Å². The molecule has 1 aromatic heterocycles. The van der Waals surface area contributed by atoms with Gasteiger partial charge in [-0.1, -0.05) is 41.1 Å². The van der Waals surface area contributed by atoms with Crippen molar-refractivity contribution < 1.29 is 14.1 Å². The molecular weight excluding hydrogens is 378 g/mol. The Balaban J connectivity index is 1.38. The SMILES string of the molecule is Cc1ccc(CCC(=O)Nc2ccc3c(c2)CN(C(=O)c2cnoc2C)CC3)cc1. The lowest BCUT2D eigenvalue weighted by Gasteiger charge is -2.29. The molecule has 6 heteroatoms. The predicted molar refractivity (Wildman–Crippen MR) is 114 cm³/mol. The van der Waals surface area contributed by atoms with Gasteiger partial charge in [-0.25, -0.2) is 0 Å². The molecule has 30 heavy (non-hydrogen) atoms. The lowest BCUT2D eigenvalue weighted by molar-refractivity contribution is -0.116. The van der Waals surface area contributed by atoms with Crippen molar-refractivity contribution in [3.63, 3.8) is 0 Å². The molecular formula is C24H25N3O3. The number of aromatic nitrogens is 1. The highest BCUT2D eigenvalue weighted by Gasteiger charge is 2.24. The quantitative estimate of drug-likeness (QED) is 0.697. The van der Waals surface area contributed by atoms with E-state index in [2.05, 4.69) is 41.7 Å². The number of anilines is 1. The maximum atomic E-state index is 12.8. The molecule has 0 bridgehead atoms. The first-order valence-corrected chi connectivity index (χ1v) is 10.2. The Morgan fingerprint density at radius 2 is 1.90 bits per heavy atom. The monoisotopic (exact) mass is 403 g/mol. The summed E-state index contributed by atoms with van der Waals surface area (Å²) in [6.07, 6.45) is 3.39. The zero-order valence-corrected chi connectivity index (χ0v) is 17.3. The van der Waals surface area contributed by atoms with Crippen molar-refractivity contribution in [1.29, 1.82) is 0 Å². The summed E-state index contributed by atoms with van der Waals surface area (Å²) < 4.78 is 5.02. The second kappa shape index (κ2) is 8.53. The lowest BCUT2D eigenvalue weighted by atomic mass is 9.98. The van der Waals surface area contributed by atoms with E-state index in [-0.39, 0.29) is 11.8 Å². The molecule has 2 aromatic carbocycles. The van der Waals surface area contributed by atoms with E-state index in [9.17, 15) is 9.59 Å². The Hall–Kier alpha value is -3.41. The Bertz CT molecular complexity index is 1070. The van der Waals surface area contributed by atoms with Crippen LogP contribution >= 0.6 is 0 Å². The van der Waals surface area contributed by atoms with Gasteiger partial charge in [0.15, 0.2) is 0 Å². The van der Waals surface area contributed by atoms with Gasteiger partial charge in [0.25, 0.3) is 5.91 Å². The summed E-state index contributed by atoms with van der Waals surface area (Å²) >= 11 is 0. The van der Waals surface area contributed by atoms with Crippen LogP contribution in [0, 0.1) is 13.8 Å². The fourth-order valence-electron chi connectivity index (χ4n) is 3.72. The molecule has 0 fully saturated rings. The molecule has 0 saturated carbocycles. The molecule has 2 heterocycles. The number of amides is 2. The van der Waals surface area contributed by atoms with Crippen molar-refractivity contribution in [2.45, 2.75) is 39.7 Å². The molecule has 6 nitrogen and oxygen atoms in total. The maximum absolute atomic E-state index is 12.8. The van der Waals surface area contributed by atoms with Gasteiger partial charge < -0.3 is 14.7 Å². The van der Waals surface area contributed by atoms with E-state index in [1.807, 2.05) is 18.2 Å². The first-order chi connectivity index (χ1) is 14.5. The van der Waals surface area contributed by atoms with E-state index in [1.54, 1.807) is 11.8 Å². The summed E-state index contributed by atoms with van der Waals surface area (Å²) in [4.78, 5) is 26.9. The summed E-state index contributed by atoms with van der Waals surface area (Å²) in [5.41, 5.74) is 5.89. The second-order valence-electron chi connectivity index (χ2n) is 7.79. The van der Waals surface area contributed by atoms with Crippen LogP contribution in [0.5, 0.6) is 0 Å². The average molecular weight is 403 g/mol. The number of nitrogens with zero attached hydrogens (tertiary/aromatic N) is 2. The molecule has 1 aliphatic heterocycles. The smallest absolute Gasteiger partial charge is 0.259 e. The van der Waals surface area contributed by atoms with E-state index in [1.165, 1.54) is 17.3 Å². The topological polar surface area (TPSA) is 75.4 Å². The van der Waals surface area contributed by atoms with Gasteiger partial charge >= 0.3 is 0 Å². The molecule has 0 radical (unpaired) electrons. The normalized spacial score (nSPS) is 13.1. The average Bonchev–Trinajstić information content (AvgIpc) is 3.18. The van der Waals surface area contributed by atoms with E-state index < -0.39 is 0 Å². The fraction of sp³-hybridized carbons (Fsp3) is 0.292. The van der Waals surface area contributed by atoms with Crippen molar-refractivity contribution in [2.24, 2.45) is 0 Å². The van der Waals surface area contributed by atoms with E-state index in [4.69, 9.17) is 4.52 Å². The minimum absolute atomic E-state index is 0.0145. The Morgan fingerprint density at radius 3 is 2.63 bits per heavy atom. The predicted octanol–water partition coefficient (Wildman–Crippen LogP) is 4.06. The first-order valence-electron chi connectivity index (χ1n) is 10.2. The maximum Gasteiger partial charge on any atom is 0.259 e. The van der Waals surface area contributed by atoms with Crippen LogP contribution in [0.2, 0.25) is 0 Å². The molecule has 0 spiro atoms. The summed E-state index contributed by atoms with van der Waals surface area (Å²) in [5, 5.41) is 6.69. The third-order valence-corrected chi connectivity index (χ3v) is 5.53. The number of nitrogens with one attached hydrogen (secondary N) is 1. The summed E-state index contributed by atoms with van der Waals surface area (Å²) in [5.74, 6) is 0.437. The lowest BCUT2D eigenvalue weighted by Crippen LogP contribution is -2.36. The van der Waals surface area contributed by atoms with Gasteiger partial charge in [0.05, 0.1) is 6.20 Å². The minimum Gasteiger partial charge on any atom is -0.361 e. The van der Waals surface area contributed by atoms with Crippen LogP contribution in [-0.4, -0.2) is 28.4 Å². The summed E-state index contributed by atoms with van der Waals surface area (Å²) in [7, 11) is 0. The number of fused-ring (bicyclic) bond motifs is 1. The van der Waals surface area contributed by atoms with Gasteiger partial charge in [0.2, 0.25) is 5.91 Å². The summed E-state index contributed by atoms with van der Waals surface area (Å²) in [6.45, 7) is 4.95. The van der Waals surface area contributed by atoms with E-state index in [0.29, 0.717) is 37.3 Å². The second-order valence-corrected chi connectivity index (χ2v) is 7.79. The highest BCUT2D eigenvalue weighted by atomic mass is 16.5. The van der Waals surface area contributed by atoms with Gasteiger partial charge in [-0.3, -0.25) is 9.59 Å². The molecule has 0 atom stereocenters. The van der Waals surface area contributed by atoms with Gasteiger partial charge in [-0.2, -0.15) is 0 Å². The van der Waals surface area contributed by atoms with Gasteiger partial charge in [0.1, 0.15) is 11.3 Å². The molecule has 1 aliphatic rings. The zero-order chi connectivity index (χ0) is 21.1. The Morgan fingerprint density at radius 1 is 1.10 bits per heavy atom. The van der Waals surface area contributed by atoms with Crippen LogP contribution in [0.4, 0.5) is 5.69 Å². The standard InChI is InChI=1S/C24H25N3O3/c1-16-3-5-18(6-4-16)7-10-23(28)26-21-9-8-19-11-12-27(15-20(19)13-21)24(29)22-14-25-30-17(22)2/h3-6,8-9,13-14H,7,10-12,15H2,1-2H3,(H,26,28). The first kappa shape index (κ1) is 19.9. The summed E-state index contributed by atoms with van der Waals surface area (Å²) in [6, 6.07) is 14.2. The van der Waals surface area contributed by atoms with Gasteiger partial charge in [0, 0.05) is 25.2 Å². The molecule has 154 valence electrons. The van der Waals surface area contributed by atoms with Crippen molar-refractivity contribution in [1.82, 2.24) is 10.1 Å².